The third-order valence-electron chi connectivity index (χ3n) is 5.44. The van der Waals surface area contributed by atoms with Gasteiger partial charge in [0.25, 0.3) is 0 Å². The minimum absolute atomic E-state index is 0.0413. The molecule has 0 amide bonds. The summed E-state index contributed by atoms with van der Waals surface area (Å²) in [6.45, 7) is 19.2. The Hall–Kier alpha value is -0.540. The zero-order chi connectivity index (χ0) is 18.1. The predicted octanol–water partition coefficient (Wildman–Crippen LogP) is 5.54. The summed E-state index contributed by atoms with van der Waals surface area (Å²) in [7, 11) is 0. The summed E-state index contributed by atoms with van der Waals surface area (Å²) in [5, 5.41) is 0. The maximum atomic E-state index is 6.20. The zero-order valence-corrected chi connectivity index (χ0v) is 16.8. The monoisotopic (exact) mass is 338 g/mol. The van der Waals surface area contributed by atoms with Crippen LogP contribution in [0.5, 0.6) is 0 Å². The van der Waals surface area contributed by atoms with Crippen molar-refractivity contribution in [3.8, 4) is 0 Å². The van der Waals surface area contributed by atoms with Crippen LogP contribution in [0, 0.1) is 23.7 Å². The summed E-state index contributed by atoms with van der Waals surface area (Å²) < 4.78 is 18.2. The van der Waals surface area contributed by atoms with Crippen LogP contribution in [0.4, 0.5) is 0 Å². The molecule has 1 aliphatic heterocycles. The van der Waals surface area contributed by atoms with E-state index in [2.05, 4.69) is 55.0 Å². The van der Waals surface area contributed by atoms with E-state index >= 15 is 0 Å². The first-order valence-corrected chi connectivity index (χ1v) is 9.75. The van der Waals surface area contributed by atoms with Gasteiger partial charge in [-0.25, -0.2) is 0 Å². The standard InChI is InChI=1S/C21H38O3/c1-13-11-14(2)20(23-16(13)4)22-15(3)9-10-18-12-19(18)17(5)24-21(6,7)8/h13-16,18-20H,5,9-12H2,1-4,6-8H3/t13-,14-,15-,16+,18?,19?,20-/m1/s1. The van der Waals surface area contributed by atoms with E-state index in [-0.39, 0.29) is 18.0 Å². The molecule has 2 unspecified atom stereocenters. The van der Waals surface area contributed by atoms with Gasteiger partial charge in [-0.15, -0.1) is 0 Å². The molecule has 0 aromatic carbocycles. The summed E-state index contributed by atoms with van der Waals surface area (Å²) in [6.07, 6.45) is 5.17. The van der Waals surface area contributed by atoms with Crippen LogP contribution in [0.15, 0.2) is 12.3 Å². The first-order chi connectivity index (χ1) is 11.1. The average molecular weight is 339 g/mol. The Bertz CT molecular complexity index is 425. The van der Waals surface area contributed by atoms with Crippen molar-refractivity contribution >= 4 is 0 Å². The molecule has 1 aliphatic carbocycles. The van der Waals surface area contributed by atoms with Gasteiger partial charge >= 0.3 is 0 Å². The third-order valence-corrected chi connectivity index (χ3v) is 5.44. The molecule has 2 aliphatic rings. The highest BCUT2D eigenvalue weighted by Gasteiger charge is 2.41. The fourth-order valence-corrected chi connectivity index (χ4v) is 3.71. The highest BCUT2D eigenvalue weighted by atomic mass is 16.7. The SMILES string of the molecule is C=C(OC(C)(C)C)C1CC1CC[C@@H](C)O[C@@H]1O[C@@H](C)[C@H](C)C[C@H]1C. The van der Waals surface area contributed by atoms with Gasteiger partial charge in [-0.1, -0.05) is 20.4 Å². The average Bonchev–Trinajstić information content (AvgIpc) is 3.20. The molecule has 3 nitrogen and oxygen atoms in total. The van der Waals surface area contributed by atoms with Gasteiger partial charge in [0.2, 0.25) is 0 Å². The van der Waals surface area contributed by atoms with Crippen molar-refractivity contribution in [2.75, 3.05) is 0 Å². The summed E-state index contributed by atoms with van der Waals surface area (Å²) in [5.74, 6) is 3.33. The van der Waals surface area contributed by atoms with Gasteiger partial charge in [0, 0.05) is 11.8 Å². The van der Waals surface area contributed by atoms with Crippen molar-refractivity contribution < 1.29 is 14.2 Å². The van der Waals surface area contributed by atoms with E-state index in [1.54, 1.807) is 0 Å². The smallest absolute Gasteiger partial charge is 0.160 e. The molecule has 140 valence electrons. The van der Waals surface area contributed by atoms with Crippen LogP contribution in [0.1, 0.15) is 74.1 Å². The van der Waals surface area contributed by atoms with Crippen LogP contribution >= 0.6 is 0 Å². The van der Waals surface area contributed by atoms with Crippen LogP contribution in [-0.2, 0) is 14.2 Å². The number of allylic oxidation sites excluding steroid dienone is 1. The minimum atomic E-state index is -0.136. The lowest BCUT2D eigenvalue weighted by molar-refractivity contribution is -0.244. The molecule has 7 atom stereocenters. The molecule has 0 radical (unpaired) electrons. The first kappa shape index (κ1) is 19.8. The molecular formula is C21H38O3. The first-order valence-electron chi connectivity index (χ1n) is 9.75. The topological polar surface area (TPSA) is 27.7 Å². The van der Waals surface area contributed by atoms with Gasteiger partial charge in [-0.3, -0.25) is 0 Å². The van der Waals surface area contributed by atoms with Crippen molar-refractivity contribution in [3.63, 3.8) is 0 Å². The number of rotatable bonds is 7. The maximum absolute atomic E-state index is 6.20. The fourth-order valence-electron chi connectivity index (χ4n) is 3.71. The van der Waals surface area contributed by atoms with Gasteiger partial charge in [0.15, 0.2) is 6.29 Å². The number of hydrogen-bond acceptors (Lipinski definition) is 3. The van der Waals surface area contributed by atoms with Gasteiger partial charge < -0.3 is 14.2 Å². The lowest BCUT2D eigenvalue weighted by Crippen LogP contribution is -2.40. The predicted molar refractivity (Wildman–Crippen MR) is 98.6 cm³/mol. The zero-order valence-electron chi connectivity index (χ0n) is 16.8. The van der Waals surface area contributed by atoms with E-state index in [1.165, 1.54) is 19.3 Å². The van der Waals surface area contributed by atoms with Crippen molar-refractivity contribution in [2.45, 2.75) is 98.2 Å². The second kappa shape index (κ2) is 7.78. The largest absolute Gasteiger partial charge is 0.493 e. The molecule has 0 bridgehead atoms. The van der Waals surface area contributed by atoms with Crippen molar-refractivity contribution in [1.29, 1.82) is 0 Å². The van der Waals surface area contributed by atoms with E-state index in [9.17, 15) is 0 Å². The van der Waals surface area contributed by atoms with E-state index in [1.807, 2.05) is 0 Å². The molecule has 0 spiro atoms. The molecule has 1 heterocycles. The Kier molecular flexibility index (Phi) is 6.41. The number of hydrogen-bond donors (Lipinski definition) is 0. The molecule has 0 N–H and O–H groups in total. The molecular weight excluding hydrogens is 300 g/mol. The highest BCUT2D eigenvalue weighted by molar-refractivity contribution is 5.06. The number of ether oxygens (including phenoxy) is 3. The molecule has 2 rings (SSSR count). The Labute approximate surface area is 149 Å². The van der Waals surface area contributed by atoms with Gasteiger partial charge in [0.05, 0.1) is 18.0 Å². The second-order valence-corrected chi connectivity index (χ2v) is 9.21. The van der Waals surface area contributed by atoms with Crippen LogP contribution in [-0.4, -0.2) is 24.1 Å². The van der Waals surface area contributed by atoms with Crippen molar-refractivity contribution in [2.24, 2.45) is 23.7 Å². The second-order valence-electron chi connectivity index (χ2n) is 9.21. The Morgan fingerprint density at radius 1 is 1.17 bits per heavy atom. The molecule has 0 aromatic rings. The van der Waals surface area contributed by atoms with Crippen molar-refractivity contribution in [1.82, 2.24) is 0 Å². The summed E-state index contributed by atoms with van der Waals surface area (Å²) in [5.41, 5.74) is -0.136. The van der Waals surface area contributed by atoms with Gasteiger partial charge in [0.1, 0.15) is 5.60 Å². The van der Waals surface area contributed by atoms with Crippen LogP contribution in [0.3, 0.4) is 0 Å². The molecule has 24 heavy (non-hydrogen) atoms. The summed E-state index contributed by atoms with van der Waals surface area (Å²) >= 11 is 0. The molecule has 3 heteroatoms. The molecule has 0 aromatic heterocycles. The maximum Gasteiger partial charge on any atom is 0.160 e. The van der Waals surface area contributed by atoms with Crippen LogP contribution in [0.2, 0.25) is 0 Å². The summed E-state index contributed by atoms with van der Waals surface area (Å²) in [6, 6.07) is 0. The van der Waals surface area contributed by atoms with Gasteiger partial charge in [-0.05, 0) is 72.1 Å². The summed E-state index contributed by atoms with van der Waals surface area (Å²) in [4.78, 5) is 0. The third kappa shape index (κ3) is 5.77. The van der Waals surface area contributed by atoms with E-state index < -0.39 is 0 Å². The molecule has 2 fully saturated rings. The van der Waals surface area contributed by atoms with E-state index in [4.69, 9.17) is 14.2 Å². The Balaban J connectivity index is 1.67. The minimum Gasteiger partial charge on any atom is -0.493 e. The molecule has 1 saturated heterocycles. The Morgan fingerprint density at radius 3 is 2.46 bits per heavy atom. The Morgan fingerprint density at radius 2 is 1.83 bits per heavy atom. The molecule has 1 saturated carbocycles. The van der Waals surface area contributed by atoms with Crippen LogP contribution in [0.25, 0.3) is 0 Å². The normalized spacial score (nSPS) is 37.8. The lowest BCUT2D eigenvalue weighted by Gasteiger charge is -2.38. The highest BCUT2D eigenvalue weighted by Crippen LogP contribution is 2.48. The van der Waals surface area contributed by atoms with E-state index in [0.29, 0.717) is 23.9 Å². The lowest BCUT2D eigenvalue weighted by atomic mass is 9.90. The quantitative estimate of drug-likeness (QED) is 0.570. The van der Waals surface area contributed by atoms with Crippen molar-refractivity contribution in [3.05, 3.63) is 12.3 Å². The fraction of sp³-hybridized carbons (Fsp3) is 0.905. The van der Waals surface area contributed by atoms with Crippen LogP contribution < -0.4 is 0 Å². The van der Waals surface area contributed by atoms with E-state index in [0.717, 1.165) is 18.1 Å². The van der Waals surface area contributed by atoms with Gasteiger partial charge in [-0.2, -0.15) is 0 Å².